The van der Waals surface area contributed by atoms with Gasteiger partial charge in [-0.2, -0.15) is 23.0 Å². The van der Waals surface area contributed by atoms with Gasteiger partial charge in [-0.1, -0.05) is 23.7 Å². The molecule has 0 atom stereocenters. The van der Waals surface area contributed by atoms with Crippen molar-refractivity contribution in [2.75, 3.05) is 11.9 Å². The van der Waals surface area contributed by atoms with Gasteiger partial charge in [0.25, 0.3) is 5.91 Å². The zero-order valence-electron chi connectivity index (χ0n) is 14.3. The highest BCUT2D eigenvalue weighted by Gasteiger charge is 2.36. The van der Waals surface area contributed by atoms with Gasteiger partial charge < -0.3 is 10.1 Å². The Hall–Kier alpha value is -2.59. The first kappa shape index (κ1) is 21.1. The van der Waals surface area contributed by atoms with Crippen LogP contribution in [0.1, 0.15) is 5.69 Å². The molecule has 0 aliphatic heterocycles. The Kier molecular flexibility index (Phi) is 6.13. The van der Waals surface area contributed by atoms with E-state index in [0.29, 0.717) is 10.5 Å². The van der Waals surface area contributed by atoms with Crippen LogP contribution < -0.4 is 10.1 Å². The zero-order chi connectivity index (χ0) is 21.2. The summed E-state index contributed by atoms with van der Waals surface area (Å²) in [5.41, 5.74) is -0.772. The van der Waals surface area contributed by atoms with E-state index in [-0.39, 0.29) is 22.3 Å². The molecular weight excluding hydrogens is 482 g/mol. The molecule has 0 radical (unpaired) electrons. The smallest absolute Gasteiger partial charge is 0.435 e. The molecule has 0 saturated heterocycles. The number of nitrogens with zero attached hydrogens (tertiary/aromatic N) is 2. The minimum Gasteiger partial charge on any atom is -0.467 e. The third-order valence-corrected chi connectivity index (χ3v) is 4.58. The van der Waals surface area contributed by atoms with Crippen LogP contribution in [-0.2, 0) is 11.0 Å². The van der Waals surface area contributed by atoms with E-state index in [9.17, 15) is 22.4 Å². The maximum absolute atomic E-state index is 13.1. The number of rotatable bonds is 5. The summed E-state index contributed by atoms with van der Waals surface area (Å²) >= 11 is 9.14. The molecule has 0 spiro atoms. The lowest BCUT2D eigenvalue weighted by atomic mass is 10.3. The SMILES string of the molecule is O=C(COc1cc(C(F)(F)F)nn1-c1ccccc1Cl)Nc1ccc(F)cc1Br. The fourth-order valence-electron chi connectivity index (χ4n) is 2.32. The van der Waals surface area contributed by atoms with Gasteiger partial charge in [0.15, 0.2) is 12.3 Å². The number of anilines is 1. The summed E-state index contributed by atoms with van der Waals surface area (Å²) in [7, 11) is 0. The first-order valence-corrected chi connectivity index (χ1v) is 9.12. The van der Waals surface area contributed by atoms with Gasteiger partial charge in [0.1, 0.15) is 5.82 Å². The molecule has 1 aromatic heterocycles. The molecule has 2 aromatic carbocycles. The molecule has 1 heterocycles. The highest BCUT2D eigenvalue weighted by molar-refractivity contribution is 9.10. The molecule has 1 N–H and O–H groups in total. The summed E-state index contributed by atoms with van der Waals surface area (Å²) in [6.07, 6.45) is -4.72. The zero-order valence-corrected chi connectivity index (χ0v) is 16.6. The van der Waals surface area contributed by atoms with Crippen LogP contribution in [0.2, 0.25) is 5.02 Å². The molecule has 1 amide bonds. The maximum Gasteiger partial charge on any atom is 0.435 e. The lowest BCUT2D eigenvalue weighted by Gasteiger charge is -2.11. The van der Waals surface area contributed by atoms with Crippen molar-refractivity contribution in [2.45, 2.75) is 6.18 Å². The number of carbonyl (C=O) groups excluding carboxylic acids is 1. The first-order chi connectivity index (χ1) is 13.6. The van der Waals surface area contributed by atoms with Gasteiger partial charge in [-0.25, -0.2) is 4.39 Å². The van der Waals surface area contributed by atoms with Crippen LogP contribution in [-0.4, -0.2) is 22.3 Å². The van der Waals surface area contributed by atoms with Crippen LogP contribution in [0.25, 0.3) is 5.69 Å². The molecule has 29 heavy (non-hydrogen) atoms. The predicted molar refractivity (Wildman–Crippen MR) is 102 cm³/mol. The van der Waals surface area contributed by atoms with Crippen molar-refractivity contribution in [1.82, 2.24) is 9.78 Å². The van der Waals surface area contributed by atoms with E-state index < -0.39 is 30.2 Å². The van der Waals surface area contributed by atoms with Crippen LogP contribution in [0, 0.1) is 5.82 Å². The molecule has 0 fully saturated rings. The predicted octanol–water partition coefficient (Wildman–Crippen LogP) is 5.46. The van der Waals surface area contributed by atoms with Gasteiger partial charge in [-0.3, -0.25) is 4.79 Å². The van der Waals surface area contributed by atoms with Crippen LogP contribution in [0.4, 0.5) is 23.2 Å². The molecule has 5 nitrogen and oxygen atoms in total. The molecule has 0 saturated carbocycles. The maximum atomic E-state index is 13.1. The van der Waals surface area contributed by atoms with Crippen LogP contribution >= 0.6 is 27.5 Å². The lowest BCUT2D eigenvalue weighted by Crippen LogP contribution is -2.21. The number of carbonyl (C=O) groups is 1. The minimum absolute atomic E-state index is 0.147. The third-order valence-electron chi connectivity index (χ3n) is 3.60. The Labute approximate surface area is 175 Å². The molecule has 0 unspecified atom stereocenters. The second kappa shape index (κ2) is 8.42. The van der Waals surface area contributed by atoms with Crippen molar-refractivity contribution in [3.05, 3.63) is 69.5 Å². The first-order valence-electron chi connectivity index (χ1n) is 7.95. The molecule has 11 heteroatoms. The Morgan fingerprint density at radius 2 is 1.93 bits per heavy atom. The van der Waals surface area contributed by atoms with E-state index in [1.807, 2.05) is 0 Å². The van der Waals surface area contributed by atoms with E-state index >= 15 is 0 Å². The lowest BCUT2D eigenvalue weighted by molar-refractivity contribution is -0.141. The Balaban J connectivity index is 1.82. The van der Waals surface area contributed by atoms with Crippen molar-refractivity contribution in [3.8, 4) is 11.6 Å². The number of amides is 1. The Bertz CT molecular complexity index is 1060. The number of para-hydroxylation sites is 1. The van der Waals surface area contributed by atoms with Gasteiger partial charge in [0.2, 0.25) is 5.88 Å². The number of nitrogens with one attached hydrogen (secondary N) is 1. The summed E-state index contributed by atoms with van der Waals surface area (Å²) in [6, 6.07) is 10.4. The molecule has 3 rings (SSSR count). The minimum atomic E-state index is -4.72. The monoisotopic (exact) mass is 491 g/mol. The van der Waals surface area contributed by atoms with E-state index in [2.05, 4.69) is 26.3 Å². The largest absolute Gasteiger partial charge is 0.467 e. The fraction of sp³-hybridized carbons (Fsp3) is 0.111. The molecule has 0 bridgehead atoms. The molecule has 152 valence electrons. The fourth-order valence-corrected chi connectivity index (χ4v) is 2.98. The van der Waals surface area contributed by atoms with E-state index in [0.717, 1.165) is 16.8 Å². The molecule has 3 aromatic rings. The van der Waals surface area contributed by atoms with Crippen molar-refractivity contribution in [1.29, 1.82) is 0 Å². The summed E-state index contributed by atoms with van der Waals surface area (Å²) in [4.78, 5) is 12.1. The van der Waals surface area contributed by atoms with Gasteiger partial charge in [-0.05, 0) is 46.3 Å². The third kappa shape index (κ3) is 5.07. The summed E-state index contributed by atoms with van der Waals surface area (Å²) in [5, 5.41) is 6.11. The van der Waals surface area contributed by atoms with Gasteiger partial charge in [0.05, 0.1) is 16.4 Å². The van der Waals surface area contributed by atoms with Crippen LogP contribution in [0.15, 0.2) is 53.0 Å². The normalized spacial score (nSPS) is 11.4. The number of alkyl halides is 3. The second-order valence-corrected chi connectivity index (χ2v) is 6.95. The highest BCUT2D eigenvalue weighted by Crippen LogP contribution is 2.33. The molecule has 0 aliphatic rings. The Morgan fingerprint density at radius 3 is 2.59 bits per heavy atom. The van der Waals surface area contributed by atoms with Crippen molar-refractivity contribution >= 4 is 39.1 Å². The van der Waals surface area contributed by atoms with Gasteiger partial charge in [-0.15, -0.1) is 0 Å². The number of hydrogen-bond acceptors (Lipinski definition) is 3. The van der Waals surface area contributed by atoms with Crippen molar-refractivity contribution in [2.24, 2.45) is 0 Å². The summed E-state index contributed by atoms with van der Waals surface area (Å²) in [6.45, 7) is -0.614. The number of hydrogen-bond donors (Lipinski definition) is 1. The standard InChI is InChI=1S/C18H11BrClF4N3O2/c19-11-7-10(21)5-6-13(11)25-16(28)9-29-17-8-15(18(22,23)24)26-27(17)14-4-2-1-3-12(14)20/h1-8H,9H2,(H,25,28). The van der Waals surface area contributed by atoms with Crippen LogP contribution in [0.5, 0.6) is 5.88 Å². The number of benzene rings is 2. The topological polar surface area (TPSA) is 56.1 Å². The van der Waals surface area contributed by atoms with E-state index in [1.54, 1.807) is 12.1 Å². The van der Waals surface area contributed by atoms with E-state index in [1.165, 1.54) is 18.2 Å². The van der Waals surface area contributed by atoms with E-state index in [4.69, 9.17) is 16.3 Å². The highest BCUT2D eigenvalue weighted by atomic mass is 79.9. The van der Waals surface area contributed by atoms with Gasteiger partial charge in [0, 0.05) is 10.5 Å². The number of halogens is 6. The number of aromatic nitrogens is 2. The average molecular weight is 493 g/mol. The molecular formula is C18H11BrClF4N3O2. The molecule has 0 aliphatic carbocycles. The quantitative estimate of drug-likeness (QED) is 0.481. The summed E-state index contributed by atoms with van der Waals surface area (Å²) < 4.78 is 58.8. The van der Waals surface area contributed by atoms with Crippen molar-refractivity contribution in [3.63, 3.8) is 0 Å². The van der Waals surface area contributed by atoms with Gasteiger partial charge >= 0.3 is 6.18 Å². The van der Waals surface area contributed by atoms with Crippen LogP contribution in [0.3, 0.4) is 0 Å². The number of ether oxygens (including phenoxy) is 1. The average Bonchev–Trinajstić information content (AvgIpc) is 3.07. The summed E-state index contributed by atoms with van der Waals surface area (Å²) in [5.74, 6) is -1.49. The van der Waals surface area contributed by atoms with Crippen molar-refractivity contribution < 1.29 is 27.1 Å². The Morgan fingerprint density at radius 1 is 1.21 bits per heavy atom. The second-order valence-electron chi connectivity index (χ2n) is 5.69.